The zero-order chi connectivity index (χ0) is 24.4. The SMILES string of the molecule is CC[C@H](C)Oc1ccc2ccccc2c1/C=C1\C(=O)NC(=S)N(c2ccc(C(=O)O)cc2)C1=O. The van der Waals surface area contributed by atoms with Gasteiger partial charge in [0.2, 0.25) is 0 Å². The van der Waals surface area contributed by atoms with Crippen LogP contribution in [0.1, 0.15) is 36.2 Å². The molecule has 3 aromatic carbocycles. The first-order chi connectivity index (χ1) is 16.3. The molecule has 0 radical (unpaired) electrons. The minimum atomic E-state index is -1.09. The van der Waals surface area contributed by atoms with Gasteiger partial charge in [-0.05, 0) is 72.7 Å². The molecule has 34 heavy (non-hydrogen) atoms. The van der Waals surface area contributed by atoms with Crippen molar-refractivity contribution >= 4 is 57.6 Å². The van der Waals surface area contributed by atoms with E-state index in [0.29, 0.717) is 17.0 Å². The van der Waals surface area contributed by atoms with Crippen LogP contribution in [0.25, 0.3) is 16.8 Å². The Bertz CT molecular complexity index is 1350. The third-order valence-electron chi connectivity index (χ3n) is 5.60. The van der Waals surface area contributed by atoms with Gasteiger partial charge in [0.05, 0.1) is 17.4 Å². The average molecular weight is 475 g/mol. The van der Waals surface area contributed by atoms with E-state index in [2.05, 4.69) is 5.32 Å². The normalized spacial score (nSPS) is 16.0. The minimum absolute atomic E-state index is 0.0639. The molecule has 3 aromatic rings. The van der Waals surface area contributed by atoms with Gasteiger partial charge in [0, 0.05) is 5.56 Å². The summed E-state index contributed by atoms with van der Waals surface area (Å²) < 4.78 is 6.10. The number of benzene rings is 3. The van der Waals surface area contributed by atoms with Crippen LogP contribution in [-0.4, -0.2) is 34.1 Å². The summed E-state index contributed by atoms with van der Waals surface area (Å²) in [7, 11) is 0. The molecule has 1 aliphatic rings. The summed E-state index contributed by atoms with van der Waals surface area (Å²) in [5.74, 6) is -1.75. The minimum Gasteiger partial charge on any atom is -0.490 e. The first-order valence-corrected chi connectivity index (χ1v) is 11.1. The Morgan fingerprint density at radius 1 is 1.12 bits per heavy atom. The predicted octanol–water partition coefficient (Wildman–Crippen LogP) is 4.55. The van der Waals surface area contributed by atoms with E-state index in [1.165, 1.54) is 35.2 Å². The number of carboxylic acids is 1. The maximum Gasteiger partial charge on any atom is 0.335 e. The highest BCUT2D eigenvalue weighted by Crippen LogP contribution is 2.32. The second-order valence-electron chi connectivity index (χ2n) is 7.85. The Labute approximate surface area is 201 Å². The van der Waals surface area contributed by atoms with Crippen molar-refractivity contribution in [3.8, 4) is 5.75 Å². The predicted molar refractivity (Wildman–Crippen MR) is 134 cm³/mol. The molecule has 0 bridgehead atoms. The van der Waals surface area contributed by atoms with Crippen molar-refractivity contribution in [1.29, 1.82) is 0 Å². The second kappa shape index (κ2) is 9.44. The van der Waals surface area contributed by atoms with Crippen LogP contribution in [0.3, 0.4) is 0 Å². The number of carbonyl (C=O) groups excluding carboxylic acids is 2. The van der Waals surface area contributed by atoms with Crippen LogP contribution >= 0.6 is 12.2 Å². The molecule has 1 saturated heterocycles. The van der Waals surface area contributed by atoms with E-state index in [1.54, 1.807) is 0 Å². The van der Waals surface area contributed by atoms with Crippen molar-refractivity contribution in [2.75, 3.05) is 4.90 Å². The summed E-state index contributed by atoms with van der Waals surface area (Å²) in [6.07, 6.45) is 2.25. The average Bonchev–Trinajstić information content (AvgIpc) is 2.82. The van der Waals surface area contributed by atoms with Crippen molar-refractivity contribution < 1.29 is 24.2 Å². The molecular formula is C26H22N2O5S. The molecule has 0 aliphatic carbocycles. The molecule has 0 unspecified atom stereocenters. The van der Waals surface area contributed by atoms with Crippen molar-refractivity contribution in [3.63, 3.8) is 0 Å². The van der Waals surface area contributed by atoms with E-state index in [0.717, 1.165) is 17.2 Å². The molecule has 1 aliphatic heterocycles. The van der Waals surface area contributed by atoms with Gasteiger partial charge in [-0.3, -0.25) is 19.8 Å². The number of nitrogens with zero attached hydrogens (tertiary/aromatic N) is 1. The molecule has 1 heterocycles. The van der Waals surface area contributed by atoms with Gasteiger partial charge >= 0.3 is 5.97 Å². The summed E-state index contributed by atoms with van der Waals surface area (Å²) >= 11 is 5.25. The molecule has 8 heteroatoms. The molecule has 0 spiro atoms. The van der Waals surface area contributed by atoms with Crippen molar-refractivity contribution in [2.24, 2.45) is 0 Å². The molecule has 2 N–H and O–H groups in total. The number of nitrogens with one attached hydrogen (secondary N) is 1. The van der Waals surface area contributed by atoms with Gasteiger partial charge in [-0.15, -0.1) is 0 Å². The Morgan fingerprint density at radius 2 is 1.82 bits per heavy atom. The van der Waals surface area contributed by atoms with Crippen LogP contribution in [0.5, 0.6) is 5.75 Å². The smallest absolute Gasteiger partial charge is 0.335 e. The third kappa shape index (κ3) is 4.40. The van der Waals surface area contributed by atoms with E-state index in [-0.39, 0.29) is 22.4 Å². The lowest BCUT2D eigenvalue weighted by Crippen LogP contribution is -2.54. The second-order valence-corrected chi connectivity index (χ2v) is 8.23. The standard InChI is InChI=1S/C26H22N2O5S/c1-3-15(2)33-22-13-10-16-6-4-5-7-19(16)20(22)14-21-23(29)27-26(34)28(24(21)30)18-11-8-17(9-12-18)25(31)32/h4-15H,3H2,1-2H3,(H,31,32)(H,27,29,34)/b21-14+/t15-/m0/s1. The van der Waals surface area contributed by atoms with Gasteiger partial charge in [-0.1, -0.05) is 37.3 Å². The molecule has 2 amide bonds. The largest absolute Gasteiger partial charge is 0.490 e. The molecule has 4 rings (SSSR count). The lowest BCUT2D eigenvalue weighted by Gasteiger charge is -2.29. The molecule has 0 saturated carbocycles. The highest BCUT2D eigenvalue weighted by Gasteiger charge is 2.35. The zero-order valence-electron chi connectivity index (χ0n) is 18.6. The van der Waals surface area contributed by atoms with Crippen LogP contribution in [0.4, 0.5) is 5.69 Å². The van der Waals surface area contributed by atoms with E-state index < -0.39 is 17.8 Å². The monoisotopic (exact) mass is 474 g/mol. The molecular weight excluding hydrogens is 452 g/mol. The summed E-state index contributed by atoms with van der Waals surface area (Å²) in [4.78, 5) is 38.6. The quantitative estimate of drug-likeness (QED) is 0.309. The Balaban J connectivity index is 1.82. The van der Waals surface area contributed by atoms with E-state index in [9.17, 15) is 14.4 Å². The van der Waals surface area contributed by atoms with Crippen molar-refractivity contribution in [3.05, 3.63) is 77.4 Å². The van der Waals surface area contributed by atoms with Crippen molar-refractivity contribution in [1.82, 2.24) is 5.32 Å². The van der Waals surface area contributed by atoms with Gasteiger partial charge in [-0.25, -0.2) is 4.79 Å². The van der Waals surface area contributed by atoms with Crippen LogP contribution in [0, 0.1) is 0 Å². The number of amides is 2. The number of aromatic carboxylic acids is 1. The first-order valence-electron chi connectivity index (χ1n) is 10.7. The molecule has 172 valence electrons. The van der Waals surface area contributed by atoms with Gasteiger partial charge in [0.1, 0.15) is 11.3 Å². The molecule has 0 aromatic heterocycles. The number of fused-ring (bicyclic) bond motifs is 1. The van der Waals surface area contributed by atoms with Crippen LogP contribution < -0.4 is 15.0 Å². The number of rotatable bonds is 6. The number of anilines is 1. The lowest BCUT2D eigenvalue weighted by atomic mass is 9.99. The first kappa shape index (κ1) is 23.1. The number of hydrogen-bond acceptors (Lipinski definition) is 5. The fourth-order valence-electron chi connectivity index (χ4n) is 3.62. The number of thiocarbonyl (C=S) groups is 1. The van der Waals surface area contributed by atoms with E-state index in [1.807, 2.05) is 50.2 Å². The Morgan fingerprint density at radius 3 is 2.50 bits per heavy atom. The summed E-state index contributed by atoms with van der Waals surface area (Å²) in [5.41, 5.74) is 0.925. The van der Waals surface area contributed by atoms with Crippen LogP contribution in [0.2, 0.25) is 0 Å². The number of carbonyl (C=O) groups is 3. The Kier molecular flexibility index (Phi) is 6.43. The highest BCUT2D eigenvalue weighted by atomic mass is 32.1. The summed E-state index contributed by atoms with van der Waals surface area (Å²) in [6.45, 7) is 3.96. The number of carboxylic acid groups (broad SMARTS) is 1. The summed E-state index contributed by atoms with van der Waals surface area (Å²) in [6, 6.07) is 17.1. The van der Waals surface area contributed by atoms with Crippen molar-refractivity contribution in [2.45, 2.75) is 26.4 Å². The number of ether oxygens (including phenoxy) is 1. The number of hydrogen-bond donors (Lipinski definition) is 2. The fourth-order valence-corrected chi connectivity index (χ4v) is 3.90. The van der Waals surface area contributed by atoms with Gasteiger partial charge in [0.25, 0.3) is 11.8 Å². The topological polar surface area (TPSA) is 95.9 Å². The van der Waals surface area contributed by atoms with E-state index in [4.69, 9.17) is 22.1 Å². The van der Waals surface area contributed by atoms with Crippen LogP contribution in [0.15, 0.2) is 66.2 Å². The molecule has 7 nitrogen and oxygen atoms in total. The maximum atomic E-state index is 13.4. The lowest BCUT2D eigenvalue weighted by molar-refractivity contribution is -0.122. The third-order valence-corrected chi connectivity index (χ3v) is 5.88. The van der Waals surface area contributed by atoms with Gasteiger partial charge in [-0.2, -0.15) is 0 Å². The van der Waals surface area contributed by atoms with Gasteiger partial charge in [0.15, 0.2) is 5.11 Å². The maximum absolute atomic E-state index is 13.4. The van der Waals surface area contributed by atoms with Gasteiger partial charge < -0.3 is 9.84 Å². The highest BCUT2D eigenvalue weighted by molar-refractivity contribution is 7.80. The van der Waals surface area contributed by atoms with E-state index >= 15 is 0 Å². The fraction of sp³-hybridized carbons (Fsp3) is 0.154. The summed E-state index contributed by atoms with van der Waals surface area (Å²) in [5, 5.41) is 13.4. The molecule has 1 atom stereocenters. The van der Waals surface area contributed by atoms with Crippen LogP contribution in [-0.2, 0) is 9.59 Å². The Hall–Kier alpha value is -4.04. The zero-order valence-corrected chi connectivity index (χ0v) is 19.4. The molecule has 1 fully saturated rings.